The Balaban J connectivity index is 1.71. The number of benzene rings is 1. The Morgan fingerprint density at radius 1 is 1.13 bits per heavy atom. The normalized spacial score (nSPS) is 18.2. The molecule has 7 nitrogen and oxygen atoms in total. The predicted octanol–water partition coefficient (Wildman–Crippen LogP) is 6.99. The van der Waals surface area contributed by atoms with Crippen molar-refractivity contribution in [2.45, 2.75) is 45.4 Å². The molecule has 0 spiro atoms. The molecular weight excluding hydrogens is 542 g/mol. The maximum Gasteiger partial charge on any atom is 0.573 e. The predicted molar refractivity (Wildman–Crippen MR) is 126 cm³/mol. The molecular formula is C24H23ClF6N4O3. The molecule has 2 aliphatic rings. The number of urea groups is 1. The van der Waals surface area contributed by atoms with Gasteiger partial charge in [-0.05, 0) is 36.1 Å². The van der Waals surface area contributed by atoms with Gasteiger partial charge in [-0.25, -0.2) is 4.79 Å². The molecule has 2 aromatic rings. The number of carbonyl (C=O) groups excluding carboxylic acids is 1. The minimum atomic E-state index is -4.91. The average Bonchev–Trinajstić information content (AvgIpc) is 3.12. The number of rotatable bonds is 7. The second-order valence-electron chi connectivity index (χ2n) is 8.96. The second-order valence-corrected chi connectivity index (χ2v) is 9.45. The van der Waals surface area contributed by atoms with Crippen LogP contribution in [0.25, 0.3) is 0 Å². The van der Waals surface area contributed by atoms with Gasteiger partial charge in [-0.1, -0.05) is 30.7 Å². The van der Waals surface area contributed by atoms with E-state index in [0.29, 0.717) is 17.1 Å². The van der Waals surface area contributed by atoms with Crippen LogP contribution in [0.4, 0.5) is 37.0 Å². The number of aromatic nitrogens is 2. The number of carbonyl (C=O) groups is 1. The lowest BCUT2D eigenvalue weighted by Crippen LogP contribution is -2.46. The molecule has 206 valence electrons. The monoisotopic (exact) mass is 564 g/mol. The van der Waals surface area contributed by atoms with E-state index in [1.165, 1.54) is 19.2 Å². The van der Waals surface area contributed by atoms with Gasteiger partial charge >= 0.3 is 24.6 Å². The first-order valence-electron chi connectivity index (χ1n) is 11.5. The van der Waals surface area contributed by atoms with Crippen LogP contribution in [-0.4, -0.2) is 46.6 Å². The fourth-order valence-electron chi connectivity index (χ4n) is 4.19. The van der Waals surface area contributed by atoms with Crippen LogP contribution in [-0.2, 0) is 13.1 Å². The van der Waals surface area contributed by atoms with Gasteiger partial charge in [0.15, 0.2) is 5.82 Å². The summed E-state index contributed by atoms with van der Waals surface area (Å²) in [6.07, 6.45) is -6.40. The summed E-state index contributed by atoms with van der Waals surface area (Å²) in [6.45, 7) is 1.43. The topological polar surface area (TPSA) is 59.8 Å². The maximum absolute atomic E-state index is 12.9. The van der Waals surface area contributed by atoms with E-state index in [1.807, 2.05) is 13.0 Å². The lowest BCUT2D eigenvalue weighted by molar-refractivity contribution is -0.274. The van der Waals surface area contributed by atoms with E-state index in [1.54, 1.807) is 10.6 Å². The number of halogens is 7. The molecule has 0 bridgehead atoms. The van der Waals surface area contributed by atoms with Crippen molar-refractivity contribution in [3.05, 3.63) is 52.7 Å². The Kier molecular flexibility index (Phi) is 7.60. The SMILES string of the molecule is CC1CC(Cl)=CC=C1Cn1c(Oc2cccc(OC(F)(F)F)c2)nc2c1CN(CCC(F)(F)F)C(=O)N2C. The Labute approximate surface area is 218 Å². The van der Waals surface area contributed by atoms with Crippen LogP contribution >= 0.6 is 11.6 Å². The Morgan fingerprint density at radius 2 is 1.84 bits per heavy atom. The lowest BCUT2D eigenvalue weighted by Gasteiger charge is -2.33. The van der Waals surface area contributed by atoms with Gasteiger partial charge in [0.25, 0.3) is 0 Å². The molecule has 0 saturated heterocycles. The van der Waals surface area contributed by atoms with E-state index in [-0.39, 0.29) is 36.6 Å². The fraction of sp³-hybridized carbons (Fsp3) is 0.417. The first-order valence-corrected chi connectivity index (χ1v) is 11.9. The molecule has 0 fully saturated rings. The Bertz CT molecular complexity index is 1270. The number of alkyl halides is 6. The molecule has 2 amide bonds. The summed E-state index contributed by atoms with van der Waals surface area (Å²) in [4.78, 5) is 19.4. The third-order valence-corrected chi connectivity index (χ3v) is 6.38. The van der Waals surface area contributed by atoms with E-state index >= 15 is 0 Å². The minimum Gasteiger partial charge on any atom is -0.425 e. The van der Waals surface area contributed by atoms with Crippen molar-refractivity contribution < 1.29 is 40.6 Å². The van der Waals surface area contributed by atoms with Crippen molar-refractivity contribution >= 4 is 23.4 Å². The van der Waals surface area contributed by atoms with Crippen LogP contribution in [0.2, 0.25) is 0 Å². The summed E-state index contributed by atoms with van der Waals surface area (Å²) in [5.74, 6) is -0.335. The highest BCUT2D eigenvalue weighted by atomic mass is 35.5. The fourth-order valence-corrected chi connectivity index (χ4v) is 4.48. The highest BCUT2D eigenvalue weighted by Gasteiger charge is 2.37. The molecule has 0 N–H and O–H groups in total. The molecule has 0 saturated carbocycles. The zero-order valence-electron chi connectivity index (χ0n) is 20.2. The largest absolute Gasteiger partial charge is 0.573 e. The zero-order chi connectivity index (χ0) is 27.8. The van der Waals surface area contributed by atoms with Crippen molar-refractivity contribution in [2.75, 3.05) is 18.5 Å². The zero-order valence-corrected chi connectivity index (χ0v) is 21.0. The number of allylic oxidation sites excluding steroid dienone is 4. The van der Waals surface area contributed by atoms with Gasteiger partial charge in [0.05, 0.1) is 18.7 Å². The highest BCUT2D eigenvalue weighted by molar-refractivity contribution is 6.29. The quantitative estimate of drug-likeness (QED) is 0.340. The van der Waals surface area contributed by atoms with Gasteiger partial charge in [-0.15, -0.1) is 13.2 Å². The number of fused-ring (bicyclic) bond motifs is 1. The van der Waals surface area contributed by atoms with E-state index < -0.39 is 37.3 Å². The van der Waals surface area contributed by atoms with Gasteiger partial charge in [0, 0.05) is 31.2 Å². The van der Waals surface area contributed by atoms with Crippen molar-refractivity contribution in [1.82, 2.24) is 14.5 Å². The van der Waals surface area contributed by atoms with Crippen LogP contribution in [0.5, 0.6) is 17.5 Å². The summed E-state index contributed by atoms with van der Waals surface area (Å²) < 4.78 is 88.1. The lowest BCUT2D eigenvalue weighted by atomic mass is 9.93. The van der Waals surface area contributed by atoms with E-state index in [4.69, 9.17) is 16.3 Å². The molecule has 4 rings (SSSR count). The van der Waals surface area contributed by atoms with Gasteiger partial charge in [-0.2, -0.15) is 18.2 Å². The summed E-state index contributed by atoms with van der Waals surface area (Å²) in [6, 6.07) is 4.12. The highest BCUT2D eigenvalue weighted by Crippen LogP contribution is 2.37. The number of ether oxygens (including phenoxy) is 2. The number of nitrogens with zero attached hydrogens (tertiary/aromatic N) is 4. The molecule has 2 heterocycles. The smallest absolute Gasteiger partial charge is 0.425 e. The van der Waals surface area contributed by atoms with Gasteiger partial charge < -0.3 is 14.4 Å². The maximum atomic E-state index is 12.9. The van der Waals surface area contributed by atoms with Gasteiger partial charge in [0.1, 0.15) is 11.5 Å². The van der Waals surface area contributed by atoms with E-state index in [2.05, 4.69) is 9.72 Å². The Hall–Kier alpha value is -3.35. The van der Waals surface area contributed by atoms with Crippen LogP contribution in [0.1, 0.15) is 25.5 Å². The summed E-state index contributed by atoms with van der Waals surface area (Å²) >= 11 is 6.14. The summed E-state index contributed by atoms with van der Waals surface area (Å²) in [5, 5.41) is 0.663. The number of hydrogen-bond donors (Lipinski definition) is 0. The first-order chi connectivity index (χ1) is 17.7. The van der Waals surface area contributed by atoms with E-state index in [9.17, 15) is 31.1 Å². The molecule has 1 unspecified atom stereocenters. The third kappa shape index (κ3) is 6.55. The molecule has 1 aromatic carbocycles. The Morgan fingerprint density at radius 3 is 2.50 bits per heavy atom. The number of hydrogen-bond acceptors (Lipinski definition) is 4. The summed E-state index contributed by atoms with van der Waals surface area (Å²) in [5.41, 5.74) is 1.33. The molecule has 14 heteroatoms. The third-order valence-electron chi connectivity index (χ3n) is 6.10. The van der Waals surface area contributed by atoms with Crippen molar-refractivity contribution in [3.8, 4) is 17.5 Å². The molecule has 38 heavy (non-hydrogen) atoms. The van der Waals surface area contributed by atoms with Crippen molar-refractivity contribution in [1.29, 1.82) is 0 Å². The van der Waals surface area contributed by atoms with Crippen LogP contribution in [0, 0.1) is 5.92 Å². The van der Waals surface area contributed by atoms with Gasteiger partial charge in [0.2, 0.25) is 0 Å². The van der Waals surface area contributed by atoms with Crippen LogP contribution in [0.3, 0.4) is 0 Å². The number of imidazole rings is 1. The molecule has 1 atom stereocenters. The molecule has 0 radical (unpaired) electrons. The van der Waals surface area contributed by atoms with Gasteiger partial charge in [-0.3, -0.25) is 9.47 Å². The molecule has 1 aliphatic carbocycles. The minimum absolute atomic E-state index is 0.0196. The average molecular weight is 565 g/mol. The number of amides is 2. The summed E-state index contributed by atoms with van der Waals surface area (Å²) in [7, 11) is 1.38. The van der Waals surface area contributed by atoms with Crippen LogP contribution in [0.15, 0.2) is 47.0 Å². The van der Waals surface area contributed by atoms with E-state index in [0.717, 1.165) is 27.5 Å². The number of anilines is 1. The molecule has 1 aliphatic heterocycles. The van der Waals surface area contributed by atoms with Crippen molar-refractivity contribution in [3.63, 3.8) is 0 Å². The second kappa shape index (κ2) is 10.4. The standard InChI is InChI=1S/C24H23ClF6N4O3/c1-14-10-16(25)7-6-15(14)12-35-19-13-34(9-8-23(26,27)28)22(36)33(2)20(19)32-21(35)37-17-4-3-5-18(11-17)38-24(29,30)31/h3-7,11,14H,8-10,12-13H2,1-2H3. The molecule has 1 aromatic heterocycles. The van der Waals surface area contributed by atoms with Crippen LogP contribution < -0.4 is 14.4 Å². The van der Waals surface area contributed by atoms with Crippen molar-refractivity contribution in [2.24, 2.45) is 5.92 Å². The first kappa shape index (κ1) is 27.7.